The molecule has 0 amide bonds. The minimum absolute atomic E-state index is 0. The van der Waals surface area contributed by atoms with Crippen LogP contribution in [0.2, 0.25) is 0 Å². The first kappa shape index (κ1) is 21.2. The van der Waals surface area contributed by atoms with Gasteiger partial charge < -0.3 is 10.6 Å². The van der Waals surface area contributed by atoms with E-state index in [9.17, 15) is 30.0 Å². The second-order valence-electron chi connectivity index (χ2n) is 5.95. The van der Waals surface area contributed by atoms with Gasteiger partial charge in [-0.15, -0.1) is 12.4 Å². The monoisotopic (exact) mass is 436 g/mol. The highest BCUT2D eigenvalue weighted by atomic mass is 35.5. The van der Waals surface area contributed by atoms with Crippen molar-refractivity contribution in [1.82, 2.24) is 10.0 Å². The zero-order chi connectivity index (χ0) is 18.7. The molecule has 2 aliphatic heterocycles. The minimum Gasteiger partial charge on any atom is -0.365 e. The molecule has 148 valence electrons. The topological polar surface area (TPSA) is 130 Å². The number of benzene rings is 1. The van der Waals surface area contributed by atoms with Crippen LogP contribution in [0.4, 0.5) is 18.9 Å². The van der Waals surface area contributed by atoms with E-state index in [4.69, 9.17) is 5.14 Å². The summed E-state index contributed by atoms with van der Waals surface area (Å²) in [6.45, 7) is 0.929. The van der Waals surface area contributed by atoms with Gasteiger partial charge in [0.2, 0.25) is 20.0 Å². The molecule has 0 bridgehead atoms. The molecule has 1 fully saturated rings. The minimum atomic E-state index is -5.02. The van der Waals surface area contributed by atoms with Crippen LogP contribution in [-0.4, -0.2) is 35.6 Å². The van der Waals surface area contributed by atoms with E-state index in [-0.39, 0.29) is 18.1 Å². The predicted molar refractivity (Wildman–Crippen MR) is 88.8 cm³/mol. The standard InChI is InChI=1S/C12H15F3N4O4S2.ClH/c13-12(14,15)7-5-8-10(6-9(7)24(16,20)21)25(22,23)19-11(18-8)1-3-17-4-2-11;/h5-6,17-19H,1-4H2,(H2,16,20,21);1H. The third-order valence-corrected chi connectivity index (χ3v) is 6.67. The molecule has 1 aromatic carbocycles. The van der Waals surface area contributed by atoms with Crippen molar-refractivity contribution in [1.29, 1.82) is 0 Å². The maximum atomic E-state index is 13.3. The summed E-state index contributed by atoms with van der Waals surface area (Å²) in [5.74, 6) is 0. The highest BCUT2D eigenvalue weighted by Crippen LogP contribution is 2.41. The van der Waals surface area contributed by atoms with Gasteiger partial charge in [-0.1, -0.05) is 0 Å². The summed E-state index contributed by atoms with van der Waals surface area (Å²) in [5.41, 5.74) is -2.94. The Labute approximate surface area is 154 Å². The van der Waals surface area contributed by atoms with E-state index >= 15 is 0 Å². The molecule has 1 spiro atoms. The number of rotatable bonds is 1. The molecule has 5 N–H and O–H groups in total. The van der Waals surface area contributed by atoms with E-state index in [1.165, 1.54) is 0 Å². The Kier molecular flexibility index (Phi) is 5.29. The van der Waals surface area contributed by atoms with Crippen molar-refractivity contribution in [3.05, 3.63) is 17.7 Å². The number of hydrogen-bond acceptors (Lipinski definition) is 6. The van der Waals surface area contributed by atoms with Gasteiger partial charge in [0.05, 0.1) is 16.1 Å². The maximum absolute atomic E-state index is 13.3. The van der Waals surface area contributed by atoms with E-state index < -0.39 is 47.2 Å². The molecule has 0 aromatic heterocycles. The molecule has 8 nitrogen and oxygen atoms in total. The first-order chi connectivity index (χ1) is 11.3. The van der Waals surface area contributed by atoms with Crippen LogP contribution in [0.15, 0.2) is 21.9 Å². The zero-order valence-electron chi connectivity index (χ0n) is 13.1. The molecule has 3 rings (SSSR count). The fourth-order valence-electron chi connectivity index (χ4n) is 3.01. The Morgan fingerprint density at radius 3 is 2.23 bits per heavy atom. The fourth-order valence-corrected chi connectivity index (χ4v) is 5.40. The zero-order valence-corrected chi connectivity index (χ0v) is 15.5. The van der Waals surface area contributed by atoms with Crippen LogP contribution in [0.25, 0.3) is 0 Å². The normalized spacial score (nSPS) is 21.4. The number of primary sulfonamides is 1. The molecule has 1 saturated heterocycles. The lowest BCUT2D eigenvalue weighted by Gasteiger charge is -2.43. The SMILES string of the molecule is Cl.NS(=O)(=O)c1cc2c(cc1C(F)(F)F)NC1(CCNCC1)NS2(=O)=O. The van der Waals surface area contributed by atoms with Crippen molar-refractivity contribution in [2.45, 2.75) is 34.5 Å². The number of fused-ring (bicyclic) bond motifs is 1. The average Bonchev–Trinajstić information content (AvgIpc) is 2.44. The van der Waals surface area contributed by atoms with Crippen LogP contribution in [0.1, 0.15) is 18.4 Å². The lowest BCUT2D eigenvalue weighted by molar-refractivity contribution is -0.139. The summed E-state index contributed by atoms with van der Waals surface area (Å²) in [5, 5.41) is 10.7. The average molecular weight is 437 g/mol. The number of hydrogen-bond donors (Lipinski definition) is 4. The molecule has 14 heteroatoms. The smallest absolute Gasteiger partial charge is 0.365 e. The Morgan fingerprint density at radius 1 is 1.15 bits per heavy atom. The summed E-state index contributed by atoms with van der Waals surface area (Å²) < 4.78 is 90.2. The third-order valence-electron chi connectivity index (χ3n) is 4.14. The summed E-state index contributed by atoms with van der Waals surface area (Å²) in [6.07, 6.45) is -4.40. The van der Waals surface area contributed by atoms with Gasteiger partial charge in [-0.2, -0.15) is 17.9 Å². The van der Waals surface area contributed by atoms with Crippen LogP contribution < -0.4 is 20.5 Å². The summed E-state index contributed by atoms with van der Waals surface area (Å²) in [7, 11) is -9.01. The molecule has 0 aliphatic carbocycles. The summed E-state index contributed by atoms with van der Waals surface area (Å²) >= 11 is 0. The largest absolute Gasteiger partial charge is 0.417 e. The van der Waals surface area contributed by atoms with Gasteiger partial charge in [0.1, 0.15) is 10.6 Å². The van der Waals surface area contributed by atoms with Crippen molar-refractivity contribution < 1.29 is 30.0 Å². The first-order valence-electron chi connectivity index (χ1n) is 7.15. The number of nitrogens with two attached hydrogens (primary N) is 1. The van der Waals surface area contributed by atoms with Gasteiger partial charge >= 0.3 is 6.18 Å². The first-order valence-corrected chi connectivity index (χ1v) is 10.2. The fraction of sp³-hybridized carbons (Fsp3) is 0.500. The number of piperidine rings is 1. The number of halogens is 4. The molecular formula is C12H16ClF3N4O4S2. The number of anilines is 1. The Morgan fingerprint density at radius 2 is 1.73 bits per heavy atom. The van der Waals surface area contributed by atoms with Crippen molar-refractivity contribution >= 4 is 38.1 Å². The van der Waals surface area contributed by atoms with Gasteiger partial charge in [0.15, 0.2) is 0 Å². The van der Waals surface area contributed by atoms with Crippen molar-refractivity contribution in [3.63, 3.8) is 0 Å². The molecule has 0 saturated carbocycles. The summed E-state index contributed by atoms with van der Waals surface area (Å²) in [6, 6.07) is 0.925. The maximum Gasteiger partial charge on any atom is 0.417 e. The number of nitrogens with one attached hydrogen (secondary N) is 3. The molecule has 1 aromatic rings. The number of sulfonamides is 2. The Balaban J connectivity index is 0.00000243. The lowest BCUT2D eigenvalue weighted by Crippen LogP contribution is -2.61. The molecular weight excluding hydrogens is 421 g/mol. The van der Waals surface area contributed by atoms with Crippen LogP contribution in [0, 0.1) is 0 Å². The van der Waals surface area contributed by atoms with Gasteiger partial charge in [-0.25, -0.2) is 22.0 Å². The van der Waals surface area contributed by atoms with E-state index in [1.54, 1.807) is 0 Å². The van der Waals surface area contributed by atoms with Crippen LogP contribution in [0.5, 0.6) is 0 Å². The molecule has 0 atom stereocenters. The number of alkyl halides is 3. The van der Waals surface area contributed by atoms with Gasteiger partial charge in [-0.05, 0) is 38.1 Å². The Hall–Kier alpha value is -1.12. The highest BCUT2D eigenvalue weighted by Gasteiger charge is 2.45. The van der Waals surface area contributed by atoms with Crippen molar-refractivity contribution in [2.24, 2.45) is 5.14 Å². The van der Waals surface area contributed by atoms with E-state index in [2.05, 4.69) is 15.4 Å². The quantitative estimate of drug-likeness (QED) is 0.509. The van der Waals surface area contributed by atoms with Crippen LogP contribution >= 0.6 is 12.4 Å². The summed E-state index contributed by atoms with van der Waals surface area (Å²) in [4.78, 5) is -1.87. The van der Waals surface area contributed by atoms with Gasteiger partial charge in [0, 0.05) is 0 Å². The highest BCUT2D eigenvalue weighted by molar-refractivity contribution is 7.90. The van der Waals surface area contributed by atoms with E-state index in [0.29, 0.717) is 38.1 Å². The molecule has 0 radical (unpaired) electrons. The molecule has 2 heterocycles. The second-order valence-corrected chi connectivity index (χ2v) is 9.13. The van der Waals surface area contributed by atoms with Crippen molar-refractivity contribution in [2.75, 3.05) is 18.4 Å². The van der Waals surface area contributed by atoms with Crippen LogP contribution in [0.3, 0.4) is 0 Å². The lowest BCUT2D eigenvalue weighted by atomic mass is 9.98. The second kappa shape index (κ2) is 6.49. The van der Waals surface area contributed by atoms with Crippen LogP contribution in [-0.2, 0) is 26.2 Å². The molecule has 2 aliphatic rings. The van der Waals surface area contributed by atoms with Gasteiger partial charge in [0.25, 0.3) is 0 Å². The van der Waals surface area contributed by atoms with Gasteiger partial charge in [-0.3, -0.25) is 0 Å². The van der Waals surface area contributed by atoms with E-state index in [1.807, 2.05) is 0 Å². The van der Waals surface area contributed by atoms with Crippen molar-refractivity contribution in [3.8, 4) is 0 Å². The molecule has 26 heavy (non-hydrogen) atoms. The predicted octanol–water partition coefficient (Wildman–Crippen LogP) is 0.558. The van der Waals surface area contributed by atoms with E-state index in [0.717, 1.165) is 0 Å². The Bertz CT molecular complexity index is 929. The third kappa shape index (κ3) is 3.77. The molecule has 0 unspecified atom stereocenters.